The van der Waals surface area contributed by atoms with Crippen LogP contribution >= 0.6 is 0 Å². The fraction of sp³-hybridized carbons (Fsp3) is 0.571. The summed E-state index contributed by atoms with van der Waals surface area (Å²) in [7, 11) is 0. The molecule has 1 fully saturated rings. The summed E-state index contributed by atoms with van der Waals surface area (Å²) in [5.41, 5.74) is 7.09. The first kappa shape index (κ1) is 13.3. The number of halogens is 1. The lowest BCUT2D eigenvalue weighted by Gasteiger charge is -2.28. The lowest BCUT2D eigenvalue weighted by molar-refractivity contribution is 0.314. The maximum absolute atomic E-state index is 13.8. The average molecular weight is 252 g/mol. The molecule has 3 nitrogen and oxygen atoms in total. The molecular weight excluding hydrogens is 231 g/mol. The lowest BCUT2D eigenvalue weighted by Crippen LogP contribution is -2.33. The van der Waals surface area contributed by atoms with Gasteiger partial charge in [-0.2, -0.15) is 0 Å². The summed E-state index contributed by atoms with van der Waals surface area (Å²) < 4.78 is 19.0. The van der Waals surface area contributed by atoms with Crippen molar-refractivity contribution in [1.82, 2.24) is 5.32 Å². The van der Waals surface area contributed by atoms with Crippen LogP contribution in [0.2, 0.25) is 0 Å². The van der Waals surface area contributed by atoms with Gasteiger partial charge in [0.1, 0.15) is 0 Å². The number of nitrogens with one attached hydrogen (secondary N) is 1. The Kier molecular flexibility index (Phi) is 4.55. The normalized spacial score (nSPS) is 18.6. The zero-order valence-corrected chi connectivity index (χ0v) is 10.8. The van der Waals surface area contributed by atoms with Crippen molar-refractivity contribution in [3.8, 4) is 5.75 Å². The second-order valence-electron chi connectivity index (χ2n) is 4.74. The quantitative estimate of drug-likeness (QED) is 0.864. The van der Waals surface area contributed by atoms with Gasteiger partial charge in [-0.15, -0.1) is 0 Å². The molecule has 3 N–H and O–H groups in total. The van der Waals surface area contributed by atoms with Crippen LogP contribution in [-0.2, 0) is 0 Å². The van der Waals surface area contributed by atoms with Gasteiger partial charge in [-0.25, -0.2) is 4.39 Å². The van der Waals surface area contributed by atoms with Gasteiger partial charge in [-0.1, -0.05) is 6.07 Å². The third-order valence-electron chi connectivity index (χ3n) is 3.53. The summed E-state index contributed by atoms with van der Waals surface area (Å²) in [6, 6.07) is 4.98. The molecule has 1 aromatic rings. The van der Waals surface area contributed by atoms with E-state index in [0.717, 1.165) is 31.5 Å². The van der Waals surface area contributed by atoms with Crippen molar-refractivity contribution in [2.75, 3.05) is 19.7 Å². The van der Waals surface area contributed by atoms with Gasteiger partial charge in [0.25, 0.3) is 0 Å². The molecule has 2 rings (SSSR count). The van der Waals surface area contributed by atoms with Gasteiger partial charge in [0, 0.05) is 6.04 Å². The Bertz CT molecular complexity index is 391. The number of hydrogen-bond acceptors (Lipinski definition) is 3. The first-order valence-corrected chi connectivity index (χ1v) is 6.61. The van der Waals surface area contributed by atoms with E-state index >= 15 is 0 Å². The van der Waals surface area contributed by atoms with Crippen LogP contribution < -0.4 is 15.8 Å². The zero-order chi connectivity index (χ0) is 13.0. The van der Waals surface area contributed by atoms with Crippen LogP contribution in [0.3, 0.4) is 0 Å². The number of nitrogens with two attached hydrogens (primary N) is 1. The van der Waals surface area contributed by atoms with Crippen molar-refractivity contribution in [1.29, 1.82) is 0 Å². The van der Waals surface area contributed by atoms with Crippen molar-refractivity contribution >= 4 is 0 Å². The molecule has 1 atom stereocenters. The van der Waals surface area contributed by atoms with Crippen LogP contribution in [0.1, 0.15) is 31.4 Å². The van der Waals surface area contributed by atoms with Crippen LogP contribution in [0.15, 0.2) is 18.2 Å². The summed E-state index contributed by atoms with van der Waals surface area (Å²) in [5, 5.41) is 3.31. The molecule has 18 heavy (non-hydrogen) atoms. The minimum Gasteiger partial charge on any atom is -0.491 e. The van der Waals surface area contributed by atoms with Crippen molar-refractivity contribution in [2.45, 2.75) is 25.8 Å². The van der Waals surface area contributed by atoms with Gasteiger partial charge >= 0.3 is 0 Å². The van der Waals surface area contributed by atoms with E-state index in [9.17, 15) is 4.39 Å². The largest absolute Gasteiger partial charge is 0.491 e. The Labute approximate surface area is 108 Å². The second kappa shape index (κ2) is 6.16. The van der Waals surface area contributed by atoms with Crippen molar-refractivity contribution in [2.24, 2.45) is 11.7 Å². The Morgan fingerprint density at radius 1 is 1.44 bits per heavy atom. The van der Waals surface area contributed by atoms with Crippen LogP contribution in [0.5, 0.6) is 5.75 Å². The number of rotatable bonds is 4. The molecular formula is C14H21FN2O. The summed E-state index contributed by atoms with van der Waals surface area (Å²) in [6.45, 7) is 4.31. The average Bonchev–Trinajstić information content (AvgIpc) is 2.41. The number of benzene rings is 1. The van der Waals surface area contributed by atoms with Gasteiger partial charge in [0.15, 0.2) is 11.6 Å². The Morgan fingerprint density at radius 2 is 2.17 bits per heavy atom. The highest BCUT2D eigenvalue weighted by molar-refractivity contribution is 5.31. The van der Waals surface area contributed by atoms with Gasteiger partial charge in [0.05, 0.1) is 6.61 Å². The predicted octanol–water partition coefficient (Wildman–Crippen LogP) is 2.22. The molecule has 0 spiro atoms. The molecule has 0 bridgehead atoms. The fourth-order valence-corrected chi connectivity index (χ4v) is 2.47. The molecule has 1 unspecified atom stereocenters. The highest BCUT2D eigenvalue weighted by atomic mass is 19.1. The molecule has 0 saturated carbocycles. The smallest absolute Gasteiger partial charge is 0.165 e. The maximum Gasteiger partial charge on any atom is 0.165 e. The first-order chi connectivity index (χ1) is 8.72. The van der Waals surface area contributed by atoms with Gasteiger partial charge in [-0.05, 0) is 56.5 Å². The summed E-state index contributed by atoms with van der Waals surface area (Å²) >= 11 is 0. The summed E-state index contributed by atoms with van der Waals surface area (Å²) in [4.78, 5) is 0. The molecule has 1 heterocycles. The molecule has 4 heteroatoms. The Hall–Kier alpha value is -1.13. The van der Waals surface area contributed by atoms with Crippen molar-refractivity contribution < 1.29 is 9.13 Å². The van der Waals surface area contributed by atoms with E-state index in [-0.39, 0.29) is 11.9 Å². The van der Waals surface area contributed by atoms with Gasteiger partial charge in [0.2, 0.25) is 0 Å². The van der Waals surface area contributed by atoms with Crippen LogP contribution in [0.4, 0.5) is 4.39 Å². The van der Waals surface area contributed by atoms with Crippen molar-refractivity contribution in [3.05, 3.63) is 29.6 Å². The minimum absolute atomic E-state index is 0.0859. The fourth-order valence-electron chi connectivity index (χ4n) is 2.47. The molecule has 0 radical (unpaired) electrons. The van der Waals surface area contributed by atoms with Crippen LogP contribution in [0, 0.1) is 11.7 Å². The standard InChI is InChI=1S/C14H21FN2O/c1-2-18-13-4-3-11(9-12(13)15)14(16)10-5-7-17-8-6-10/h3-4,9-10,14,17H,2,5-8,16H2,1H3. The predicted molar refractivity (Wildman–Crippen MR) is 70.1 cm³/mol. The van der Waals surface area contributed by atoms with E-state index in [1.54, 1.807) is 6.07 Å². The third-order valence-corrected chi connectivity index (χ3v) is 3.53. The van der Waals surface area contributed by atoms with E-state index < -0.39 is 0 Å². The number of hydrogen-bond donors (Lipinski definition) is 2. The van der Waals surface area contributed by atoms with Crippen LogP contribution in [-0.4, -0.2) is 19.7 Å². The van der Waals surface area contributed by atoms with Gasteiger partial charge < -0.3 is 15.8 Å². The van der Waals surface area contributed by atoms with Crippen molar-refractivity contribution in [3.63, 3.8) is 0 Å². The SMILES string of the molecule is CCOc1ccc(C(N)C2CCNCC2)cc1F. The Morgan fingerprint density at radius 3 is 2.78 bits per heavy atom. The summed E-state index contributed by atoms with van der Waals surface area (Å²) in [6.07, 6.45) is 2.10. The molecule has 1 aromatic carbocycles. The second-order valence-corrected chi connectivity index (χ2v) is 4.74. The van der Waals surface area contributed by atoms with E-state index in [2.05, 4.69) is 5.32 Å². The van der Waals surface area contributed by atoms with E-state index in [1.807, 2.05) is 13.0 Å². The molecule has 1 aliphatic heterocycles. The van der Waals surface area contributed by atoms with E-state index in [0.29, 0.717) is 18.3 Å². The molecule has 0 aromatic heterocycles. The minimum atomic E-state index is -0.321. The molecule has 0 amide bonds. The number of piperidine rings is 1. The number of ether oxygens (including phenoxy) is 1. The topological polar surface area (TPSA) is 47.3 Å². The van der Waals surface area contributed by atoms with Crippen LogP contribution in [0.25, 0.3) is 0 Å². The van der Waals surface area contributed by atoms with Gasteiger partial charge in [-0.3, -0.25) is 0 Å². The third kappa shape index (κ3) is 3.00. The highest BCUT2D eigenvalue weighted by Crippen LogP contribution is 2.29. The monoisotopic (exact) mass is 252 g/mol. The Balaban J connectivity index is 2.10. The molecule has 1 aliphatic rings. The lowest BCUT2D eigenvalue weighted by atomic mass is 9.86. The van der Waals surface area contributed by atoms with E-state index in [4.69, 9.17) is 10.5 Å². The maximum atomic E-state index is 13.8. The zero-order valence-electron chi connectivity index (χ0n) is 10.8. The first-order valence-electron chi connectivity index (χ1n) is 6.61. The van der Waals surface area contributed by atoms with E-state index in [1.165, 1.54) is 6.07 Å². The molecule has 100 valence electrons. The molecule has 1 saturated heterocycles. The highest BCUT2D eigenvalue weighted by Gasteiger charge is 2.22. The summed E-state index contributed by atoms with van der Waals surface area (Å²) in [5.74, 6) is 0.418. The molecule has 0 aliphatic carbocycles.